The average molecular weight is 227 g/mol. The molecule has 4 nitrogen and oxygen atoms in total. The minimum atomic E-state index is -0.141. The molecule has 1 heterocycles. The topological polar surface area (TPSA) is 46.6 Å². The Bertz CT molecular complexity index is 253. The first kappa shape index (κ1) is 13.0. The molecule has 0 aromatic rings. The summed E-state index contributed by atoms with van der Waals surface area (Å²) < 4.78 is 5.28. The molecule has 0 spiro atoms. The number of hydrogen-bond acceptors (Lipinski definition) is 3. The number of carbonyl (C=O) groups is 2. The molecule has 1 fully saturated rings. The zero-order chi connectivity index (χ0) is 12.0. The maximum Gasteiger partial charge on any atom is 0.306 e. The van der Waals surface area contributed by atoms with E-state index in [1.54, 1.807) is 4.90 Å². The van der Waals surface area contributed by atoms with Gasteiger partial charge in [-0.25, -0.2) is 0 Å². The first-order valence-electron chi connectivity index (χ1n) is 6.14. The molecule has 1 rings (SSSR count). The predicted octanol–water partition coefficient (Wildman–Crippen LogP) is 1.73. The molecule has 0 aromatic carbocycles. The van der Waals surface area contributed by atoms with Crippen LogP contribution in [0.4, 0.5) is 0 Å². The van der Waals surface area contributed by atoms with Crippen LogP contribution in [0, 0.1) is 0 Å². The second kappa shape index (κ2) is 6.51. The van der Waals surface area contributed by atoms with Gasteiger partial charge in [-0.1, -0.05) is 13.8 Å². The summed E-state index contributed by atoms with van der Waals surface area (Å²) in [5.74, 6) is 0.0360. The standard InChI is InChI=1S/C12H21NO3/c1-3-5-11(14)13-8-7-10(9-13)16-12(15)6-4-2/h10H,3-9H2,1-2H3/t10-/m0/s1. The molecule has 1 aliphatic heterocycles. The predicted molar refractivity (Wildman–Crippen MR) is 60.9 cm³/mol. The number of rotatable bonds is 5. The van der Waals surface area contributed by atoms with Crippen LogP contribution in [-0.2, 0) is 14.3 Å². The van der Waals surface area contributed by atoms with Crippen LogP contribution in [0.25, 0.3) is 0 Å². The van der Waals surface area contributed by atoms with Gasteiger partial charge in [-0.15, -0.1) is 0 Å². The molecule has 1 amide bonds. The Balaban J connectivity index is 2.29. The second-order valence-corrected chi connectivity index (χ2v) is 4.24. The van der Waals surface area contributed by atoms with Crippen LogP contribution in [-0.4, -0.2) is 36.0 Å². The van der Waals surface area contributed by atoms with Crippen molar-refractivity contribution in [3.05, 3.63) is 0 Å². The average Bonchev–Trinajstić information content (AvgIpc) is 2.67. The van der Waals surface area contributed by atoms with Crippen molar-refractivity contribution in [2.45, 2.75) is 52.1 Å². The van der Waals surface area contributed by atoms with Gasteiger partial charge in [-0.2, -0.15) is 0 Å². The maximum atomic E-state index is 11.6. The molecule has 0 radical (unpaired) electrons. The van der Waals surface area contributed by atoms with E-state index in [1.165, 1.54) is 0 Å². The summed E-state index contributed by atoms with van der Waals surface area (Å²) in [6.07, 6.45) is 3.44. The van der Waals surface area contributed by atoms with Crippen LogP contribution in [0.3, 0.4) is 0 Å². The van der Waals surface area contributed by atoms with Crippen molar-refractivity contribution in [2.75, 3.05) is 13.1 Å². The fraction of sp³-hybridized carbons (Fsp3) is 0.833. The maximum absolute atomic E-state index is 11.6. The quantitative estimate of drug-likeness (QED) is 0.672. The summed E-state index contributed by atoms with van der Waals surface area (Å²) in [6.45, 7) is 5.25. The van der Waals surface area contributed by atoms with Gasteiger partial charge < -0.3 is 9.64 Å². The highest BCUT2D eigenvalue weighted by atomic mass is 16.5. The fourth-order valence-electron chi connectivity index (χ4n) is 1.87. The number of amides is 1. The third-order valence-corrected chi connectivity index (χ3v) is 2.71. The number of likely N-dealkylation sites (tertiary alicyclic amines) is 1. The van der Waals surface area contributed by atoms with E-state index in [4.69, 9.17) is 4.74 Å². The van der Waals surface area contributed by atoms with Gasteiger partial charge in [-0.05, 0) is 12.8 Å². The lowest BCUT2D eigenvalue weighted by molar-refractivity contribution is -0.149. The SMILES string of the molecule is CCCC(=O)O[C@H]1CCN(C(=O)CCC)C1. The van der Waals surface area contributed by atoms with Gasteiger partial charge in [0.2, 0.25) is 5.91 Å². The van der Waals surface area contributed by atoms with Crippen LogP contribution in [0.2, 0.25) is 0 Å². The molecule has 1 atom stereocenters. The molecule has 1 saturated heterocycles. The minimum absolute atomic E-state index is 0.0835. The third-order valence-electron chi connectivity index (χ3n) is 2.71. The number of carbonyl (C=O) groups excluding carboxylic acids is 2. The van der Waals surface area contributed by atoms with Crippen molar-refractivity contribution < 1.29 is 14.3 Å². The Kier molecular flexibility index (Phi) is 5.29. The van der Waals surface area contributed by atoms with Crippen LogP contribution < -0.4 is 0 Å². The summed E-state index contributed by atoms with van der Waals surface area (Å²) >= 11 is 0. The molecule has 1 aliphatic rings. The van der Waals surface area contributed by atoms with Crippen LogP contribution in [0.1, 0.15) is 46.0 Å². The zero-order valence-corrected chi connectivity index (χ0v) is 10.2. The van der Waals surface area contributed by atoms with Crippen molar-refractivity contribution >= 4 is 11.9 Å². The number of esters is 1. The lowest BCUT2D eigenvalue weighted by Gasteiger charge is -2.16. The molecule has 4 heteroatoms. The van der Waals surface area contributed by atoms with E-state index in [1.807, 2.05) is 13.8 Å². The van der Waals surface area contributed by atoms with Gasteiger partial charge in [0.25, 0.3) is 0 Å². The van der Waals surface area contributed by atoms with E-state index in [0.717, 1.165) is 25.8 Å². The van der Waals surface area contributed by atoms with Crippen LogP contribution in [0.5, 0.6) is 0 Å². The second-order valence-electron chi connectivity index (χ2n) is 4.24. The Hall–Kier alpha value is -1.06. The first-order valence-corrected chi connectivity index (χ1v) is 6.14. The highest BCUT2D eigenvalue weighted by Gasteiger charge is 2.27. The number of hydrogen-bond donors (Lipinski definition) is 0. The van der Waals surface area contributed by atoms with E-state index in [2.05, 4.69) is 0 Å². The molecular formula is C12H21NO3. The van der Waals surface area contributed by atoms with Crippen molar-refractivity contribution in [3.8, 4) is 0 Å². The summed E-state index contributed by atoms with van der Waals surface area (Å²) in [4.78, 5) is 24.7. The fourth-order valence-corrected chi connectivity index (χ4v) is 1.87. The van der Waals surface area contributed by atoms with E-state index >= 15 is 0 Å². The summed E-state index contributed by atoms with van der Waals surface area (Å²) in [5.41, 5.74) is 0. The molecule has 0 saturated carbocycles. The van der Waals surface area contributed by atoms with Crippen molar-refractivity contribution in [1.82, 2.24) is 4.90 Å². The van der Waals surface area contributed by atoms with Crippen LogP contribution >= 0.6 is 0 Å². The molecule has 0 N–H and O–H groups in total. The lowest BCUT2D eigenvalue weighted by Crippen LogP contribution is -2.30. The molecule has 0 unspecified atom stereocenters. The van der Waals surface area contributed by atoms with Gasteiger partial charge in [-0.3, -0.25) is 9.59 Å². The third kappa shape index (κ3) is 3.83. The normalized spacial score (nSPS) is 19.9. The van der Waals surface area contributed by atoms with Crippen LogP contribution in [0.15, 0.2) is 0 Å². The largest absolute Gasteiger partial charge is 0.460 e. The van der Waals surface area contributed by atoms with E-state index in [9.17, 15) is 9.59 Å². The monoisotopic (exact) mass is 227 g/mol. The van der Waals surface area contributed by atoms with Gasteiger partial charge in [0.15, 0.2) is 0 Å². The number of nitrogens with zero attached hydrogens (tertiary/aromatic N) is 1. The van der Waals surface area contributed by atoms with E-state index in [-0.39, 0.29) is 18.0 Å². The van der Waals surface area contributed by atoms with Crippen molar-refractivity contribution in [1.29, 1.82) is 0 Å². The zero-order valence-electron chi connectivity index (χ0n) is 10.2. The van der Waals surface area contributed by atoms with Crippen molar-refractivity contribution in [2.24, 2.45) is 0 Å². The molecule has 0 aromatic heterocycles. The number of ether oxygens (including phenoxy) is 1. The van der Waals surface area contributed by atoms with E-state index in [0.29, 0.717) is 19.4 Å². The van der Waals surface area contributed by atoms with Gasteiger partial charge in [0.1, 0.15) is 6.10 Å². The Morgan fingerprint density at radius 3 is 2.56 bits per heavy atom. The van der Waals surface area contributed by atoms with Gasteiger partial charge in [0, 0.05) is 25.8 Å². The Morgan fingerprint density at radius 1 is 1.25 bits per heavy atom. The molecular weight excluding hydrogens is 206 g/mol. The lowest BCUT2D eigenvalue weighted by atomic mass is 10.3. The molecule has 0 aliphatic carbocycles. The first-order chi connectivity index (χ1) is 7.67. The smallest absolute Gasteiger partial charge is 0.306 e. The molecule has 0 bridgehead atoms. The Labute approximate surface area is 96.9 Å². The van der Waals surface area contributed by atoms with Crippen molar-refractivity contribution in [3.63, 3.8) is 0 Å². The summed E-state index contributed by atoms with van der Waals surface area (Å²) in [6, 6.07) is 0. The summed E-state index contributed by atoms with van der Waals surface area (Å²) in [7, 11) is 0. The highest BCUT2D eigenvalue weighted by Crippen LogP contribution is 2.15. The minimum Gasteiger partial charge on any atom is -0.460 e. The molecule has 16 heavy (non-hydrogen) atoms. The highest BCUT2D eigenvalue weighted by molar-refractivity contribution is 5.76. The van der Waals surface area contributed by atoms with Gasteiger partial charge in [0.05, 0.1) is 6.54 Å². The Morgan fingerprint density at radius 2 is 1.94 bits per heavy atom. The molecule has 92 valence electrons. The summed E-state index contributed by atoms with van der Waals surface area (Å²) in [5, 5.41) is 0. The van der Waals surface area contributed by atoms with Gasteiger partial charge >= 0.3 is 5.97 Å². The van der Waals surface area contributed by atoms with E-state index < -0.39 is 0 Å².